The van der Waals surface area contributed by atoms with Crippen LogP contribution in [-0.2, 0) is 0 Å². The summed E-state index contributed by atoms with van der Waals surface area (Å²) in [5, 5.41) is 7.26. The van der Waals surface area contributed by atoms with Crippen molar-refractivity contribution in [2.24, 2.45) is 0 Å². The van der Waals surface area contributed by atoms with E-state index in [9.17, 15) is 0 Å². The molecule has 0 aliphatic carbocycles. The molecule has 2 aromatic heterocycles. The van der Waals surface area contributed by atoms with E-state index in [0.29, 0.717) is 0 Å². The molecule has 0 radical (unpaired) electrons. The smallest absolute Gasteiger partial charge is 0.136 e. The molecular weight excluding hydrogens is 741 g/mol. The normalized spacial score (nSPS) is 11.6. The van der Waals surface area contributed by atoms with E-state index in [2.05, 4.69) is 228 Å². The van der Waals surface area contributed by atoms with E-state index in [-0.39, 0.29) is 0 Å². The second kappa shape index (κ2) is 14.3. The van der Waals surface area contributed by atoms with Crippen molar-refractivity contribution in [1.29, 1.82) is 0 Å². The molecule has 286 valence electrons. The second-order valence-corrected chi connectivity index (χ2v) is 15.7. The van der Waals surface area contributed by atoms with Gasteiger partial charge >= 0.3 is 0 Å². The fourth-order valence-corrected chi connectivity index (χ4v) is 9.33. The van der Waals surface area contributed by atoms with Crippen LogP contribution in [-0.4, -0.2) is 4.57 Å². The lowest BCUT2D eigenvalue weighted by Gasteiger charge is -2.28. The van der Waals surface area contributed by atoms with E-state index in [4.69, 9.17) is 4.42 Å². The molecule has 0 unspecified atom stereocenters. The molecule has 12 aromatic rings. The van der Waals surface area contributed by atoms with Gasteiger partial charge in [0.05, 0.1) is 16.7 Å². The lowest BCUT2D eigenvalue weighted by molar-refractivity contribution is 0.669. The number of hydrogen-bond donors (Lipinski definition) is 0. The van der Waals surface area contributed by atoms with Crippen LogP contribution in [0, 0.1) is 0 Å². The molecule has 10 aromatic carbocycles. The third-order valence-electron chi connectivity index (χ3n) is 12.2. The van der Waals surface area contributed by atoms with Gasteiger partial charge in [0.25, 0.3) is 0 Å². The highest BCUT2D eigenvalue weighted by Crippen LogP contribution is 2.43. The zero-order chi connectivity index (χ0) is 40.3. The Labute approximate surface area is 353 Å². The number of anilines is 3. The SMILES string of the molecule is c1cc(-c2ccc(N(c3ccc(-n4c5ccccc5c5ccccc54)cc3)c3ccccc3-c3ccc4c(c3)oc3ccccc34)cc2)cc(-c2cccc3ccccc23)c1. The summed E-state index contributed by atoms with van der Waals surface area (Å²) in [5.74, 6) is 0. The van der Waals surface area contributed by atoms with Gasteiger partial charge in [-0.1, -0.05) is 152 Å². The quantitative estimate of drug-likeness (QED) is 0.161. The van der Waals surface area contributed by atoms with Gasteiger partial charge in [0.15, 0.2) is 0 Å². The van der Waals surface area contributed by atoms with Crippen molar-refractivity contribution in [2.75, 3.05) is 4.90 Å². The standard InChI is InChI=1S/C58H38N2O/c1-2-17-47-40(13-1)14-12-22-48(47)42-16-11-15-41(37-42)39-27-30-44(31-28-39)59(45-32-34-46(35-33-45)60-55-24-8-4-19-50(55)51-20-5-9-25-56(51)60)54-23-7-3-18-49(54)43-29-36-53-52-21-6-10-26-57(52)61-58(53)38-43/h1-38H. The molecule has 0 atom stereocenters. The predicted octanol–water partition coefficient (Wildman–Crippen LogP) is 16.3. The highest BCUT2D eigenvalue weighted by atomic mass is 16.3. The van der Waals surface area contributed by atoms with E-state index in [1.165, 1.54) is 49.3 Å². The minimum absolute atomic E-state index is 0.880. The van der Waals surface area contributed by atoms with Crippen molar-refractivity contribution in [3.8, 4) is 39.1 Å². The number of aromatic nitrogens is 1. The number of fused-ring (bicyclic) bond motifs is 7. The van der Waals surface area contributed by atoms with Crippen LogP contribution in [0.15, 0.2) is 235 Å². The summed E-state index contributed by atoms with van der Waals surface area (Å²) >= 11 is 0. The molecule has 2 heterocycles. The monoisotopic (exact) mass is 778 g/mol. The van der Waals surface area contributed by atoms with Crippen LogP contribution in [0.4, 0.5) is 17.1 Å². The van der Waals surface area contributed by atoms with Crippen LogP contribution in [0.3, 0.4) is 0 Å². The van der Waals surface area contributed by atoms with E-state index >= 15 is 0 Å². The van der Waals surface area contributed by atoms with Gasteiger partial charge in [-0.15, -0.1) is 0 Å². The van der Waals surface area contributed by atoms with E-state index < -0.39 is 0 Å². The Kier molecular flexibility index (Phi) is 8.17. The van der Waals surface area contributed by atoms with Gasteiger partial charge in [0.1, 0.15) is 11.2 Å². The average molecular weight is 779 g/mol. The lowest BCUT2D eigenvalue weighted by Crippen LogP contribution is -2.11. The molecule has 0 aliphatic heterocycles. The van der Waals surface area contributed by atoms with Crippen molar-refractivity contribution in [3.63, 3.8) is 0 Å². The summed E-state index contributed by atoms with van der Waals surface area (Å²) in [6, 6.07) is 82.9. The van der Waals surface area contributed by atoms with Gasteiger partial charge < -0.3 is 13.9 Å². The highest BCUT2D eigenvalue weighted by molar-refractivity contribution is 6.09. The number of nitrogens with zero attached hydrogens (tertiary/aromatic N) is 2. The number of rotatable bonds is 7. The van der Waals surface area contributed by atoms with Crippen LogP contribution in [0.25, 0.3) is 93.6 Å². The molecule has 3 heteroatoms. The molecule has 0 fully saturated rings. The molecule has 0 saturated carbocycles. The van der Waals surface area contributed by atoms with Crippen molar-refractivity contribution in [1.82, 2.24) is 4.57 Å². The largest absolute Gasteiger partial charge is 0.456 e. The van der Waals surface area contributed by atoms with Gasteiger partial charge in [-0.3, -0.25) is 0 Å². The lowest BCUT2D eigenvalue weighted by atomic mass is 9.95. The summed E-state index contributed by atoms with van der Waals surface area (Å²) < 4.78 is 8.76. The van der Waals surface area contributed by atoms with Crippen LogP contribution in [0.5, 0.6) is 0 Å². The Morgan fingerprint density at radius 1 is 0.328 bits per heavy atom. The van der Waals surface area contributed by atoms with E-state index in [1.54, 1.807) is 0 Å². The predicted molar refractivity (Wildman–Crippen MR) is 257 cm³/mol. The molecule has 0 amide bonds. The van der Waals surface area contributed by atoms with E-state index in [1.807, 2.05) is 12.1 Å². The molecule has 61 heavy (non-hydrogen) atoms. The molecule has 0 aliphatic rings. The molecular formula is C58H38N2O. The van der Waals surface area contributed by atoms with Crippen LogP contribution >= 0.6 is 0 Å². The Bertz CT molecular complexity index is 3530. The first-order valence-electron chi connectivity index (χ1n) is 20.8. The minimum Gasteiger partial charge on any atom is -0.456 e. The first-order valence-corrected chi connectivity index (χ1v) is 20.8. The van der Waals surface area contributed by atoms with Gasteiger partial charge in [-0.05, 0) is 117 Å². The zero-order valence-electron chi connectivity index (χ0n) is 33.2. The zero-order valence-corrected chi connectivity index (χ0v) is 33.2. The maximum Gasteiger partial charge on any atom is 0.136 e. The second-order valence-electron chi connectivity index (χ2n) is 15.7. The summed E-state index contributed by atoms with van der Waals surface area (Å²) in [7, 11) is 0. The molecule has 12 rings (SSSR count). The molecule has 3 nitrogen and oxygen atoms in total. The number of benzene rings is 10. The first kappa shape index (κ1) is 34.9. The van der Waals surface area contributed by atoms with Crippen LogP contribution < -0.4 is 4.90 Å². The fraction of sp³-hybridized carbons (Fsp3) is 0. The Balaban J connectivity index is 0.982. The van der Waals surface area contributed by atoms with Gasteiger partial charge in [-0.2, -0.15) is 0 Å². The maximum absolute atomic E-state index is 6.39. The summed E-state index contributed by atoms with van der Waals surface area (Å²) in [6.45, 7) is 0. The van der Waals surface area contributed by atoms with Crippen molar-refractivity contribution >= 4 is 71.6 Å². The average Bonchev–Trinajstić information content (AvgIpc) is 3.88. The van der Waals surface area contributed by atoms with Gasteiger partial charge in [-0.25, -0.2) is 0 Å². The first-order chi connectivity index (χ1) is 30.2. The van der Waals surface area contributed by atoms with Crippen LogP contribution in [0.2, 0.25) is 0 Å². The third-order valence-corrected chi connectivity index (χ3v) is 12.2. The maximum atomic E-state index is 6.39. The number of furan rings is 1. The van der Waals surface area contributed by atoms with Gasteiger partial charge in [0, 0.05) is 44.2 Å². The number of para-hydroxylation sites is 4. The summed E-state index contributed by atoms with van der Waals surface area (Å²) in [5.41, 5.74) is 15.5. The Morgan fingerprint density at radius 2 is 0.869 bits per heavy atom. The third kappa shape index (κ3) is 5.90. The fourth-order valence-electron chi connectivity index (χ4n) is 9.33. The Morgan fingerprint density at radius 3 is 1.66 bits per heavy atom. The molecule has 0 bridgehead atoms. The van der Waals surface area contributed by atoms with E-state index in [0.717, 1.165) is 61.4 Å². The minimum atomic E-state index is 0.880. The van der Waals surface area contributed by atoms with Crippen molar-refractivity contribution in [2.45, 2.75) is 0 Å². The molecule has 0 spiro atoms. The van der Waals surface area contributed by atoms with Gasteiger partial charge in [0.2, 0.25) is 0 Å². The highest BCUT2D eigenvalue weighted by Gasteiger charge is 2.20. The van der Waals surface area contributed by atoms with Crippen molar-refractivity contribution < 1.29 is 4.42 Å². The summed E-state index contributed by atoms with van der Waals surface area (Å²) in [4.78, 5) is 2.38. The number of hydrogen-bond acceptors (Lipinski definition) is 2. The van der Waals surface area contributed by atoms with Crippen molar-refractivity contribution in [3.05, 3.63) is 231 Å². The summed E-state index contributed by atoms with van der Waals surface area (Å²) in [6.07, 6.45) is 0. The molecule has 0 saturated heterocycles. The van der Waals surface area contributed by atoms with Crippen LogP contribution in [0.1, 0.15) is 0 Å². The Hall–Kier alpha value is -8.14. The molecule has 0 N–H and O–H groups in total. The topological polar surface area (TPSA) is 21.3 Å².